The average Bonchev–Trinajstić information content (AvgIpc) is 3.92. The molecular weight excluding hydrogens is 956 g/mol. The van der Waals surface area contributed by atoms with Crippen LogP contribution in [0.1, 0.15) is 70.2 Å². The molecule has 6 rings (SSSR count). The fourth-order valence-electron chi connectivity index (χ4n) is 7.38. The number of aromatic nitrogens is 2. The van der Waals surface area contributed by atoms with Crippen molar-refractivity contribution in [3.8, 4) is 0 Å². The van der Waals surface area contributed by atoms with Crippen LogP contribution in [0, 0.1) is 28.4 Å². The number of benzene rings is 4. The zero-order valence-electron chi connectivity index (χ0n) is 41.6. The predicted molar refractivity (Wildman–Crippen MR) is 261 cm³/mol. The molecule has 19 heteroatoms. The van der Waals surface area contributed by atoms with E-state index < -0.39 is 64.8 Å². The number of ether oxygens (including phenoxy) is 4. The van der Waals surface area contributed by atoms with Gasteiger partial charge >= 0.3 is 30.1 Å². The number of halogens is 3. The number of aromatic amines is 2. The van der Waals surface area contributed by atoms with Gasteiger partial charge in [0.1, 0.15) is 30.9 Å². The topological polar surface area (TPSA) is 243 Å². The molecule has 0 bridgehead atoms. The summed E-state index contributed by atoms with van der Waals surface area (Å²) in [4.78, 5) is 78.4. The summed E-state index contributed by atoms with van der Waals surface area (Å²) in [6.45, 7) is 10.9. The minimum absolute atomic E-state index is 0. The Labute approximate surface area is 423 Å². The Kier molecular flexibility index (Phi) is 22.4. The Bertz CT molecular complexity index is 2740. The number of carboxylic acids is 1. The van der Waals surface area contributed by atoms with Gasteiger partial charge in [0, 0.05) is 47.0 Å². The van der Waals surface area contributed by atoms with Crippen LogP contribution in [0.5, 0.6) is 0 Å². The number of esters is 2. The number of amides is 2. The number of ketones is 1. The lowest BCUT2D eigenvalue weighted by Crippen LogP contribution is -3.00. The maximum absolute atomic E-state index is 13.8. The van der Waals surface area contributed by atoms with E-state index in [4.69, 9.17) is 19.3 Å². The van der Waals surface area contributed by atoms with E-state index in [0.717, 1.165) is 33.1 Å². The van der Waals surface area contributed by atoms with Gasteiger partial charge < -0.3 is 62.8 Å². The largest absolute Gasteiger partial charge is 1.00 e. The highest BCUT2D eigenvalue weighted by Crippen LogP contribution is 2.28. The van der Waals surface area contributed by atoms with Crippen molar-refractivity contribution in [2.45, 2.75) is 92.1 Å². The highest BCUT2D eigenvalue weighted by Gasteiger charge is 2.36. The zero-order chi connectivity index (χ0) is 52.5. The second kappa shape index (κ2) is 27.3. The molecule has 0 fully saturated rings. The van der Waals surface area contributed by atoms with Gasteiger partial charge in [-0.1, -0.05) is 102 Å². The van der Waals surface area contributed by atoms with Gasteiger partial charge in [-0.15, -0.1) is 0 Å². The number of hydrogen-bond donors (Lipinski definition) is 6. The van der Waals surface area contributed by atoms with Crippen molar-refractivity contribution < 1.29 is 79.7 Å². The second-order valence-corrected chi connectivity index (χ2v) is 18.9. The van der Waals surface area contributed by atoms with Crippen molar-refractivity contribution in [1.29, 1.82) is 0 Å². The summed E-state index contributed by atoms with van der Waals surface area (Å²) in [7, 11) is 2.59. The van der Waals surface area contributed by atoms with Crippen LogP contribution in [0.4, 0.5) is 18.4 Å². The number of nitrogens with one attached hydrogen (secondary N) is 4. The van der Waals surface area contributed by atoms with Crippen LogP contribution in [0.15, 0.2) is 109 Å². The predicted octanol–water partition coefficient (Wildman–Crippen LogP) is 4.99. The summed E-state index contributed by atoms with van der Waals surface area (Å²) in [6, 6.07) is 24.9. The average molecular weight is 1020 g/mol. The molecule has 388 valence electrons. The fourth-order valence-corrected chi connectivity index (χ4v) is 7.38. The molecule has 6 aromatic rings. The van der Waals surface area contributed by atoms with E-state index in [1.54, 1.807) is 45.3 Å². The molecule has 4 aromatic carbocycles. The molecule has 2 aromatic heterocycles. The van der Waals surface area contributed by atoms with E-state index in [0.29, 0.717) is 17.4 Å². The Morgan fingerprint density at radius 3 is 1.44 bits per heavy atom. The van der Waals surface area contributed by atoms with E-state index in [9.17, 15) is 37.5 Å². The number of methoxy groups -OCH3 is 2. The standard InChI is InChI=1S/C27H31FN2O5.C14H19NO4.C12H13FN2O2.ClH/c1-27(2,3)24(30-26(33)35-16-17-8-6-5-7-9-17)23(31)13-18(25(32)34-4)12-19-15-29-22-11-10-20(28)14-21(19)22;1-14(2,3)11(12(16)17)15-13(18)19-9-10-7-5-4-6-8-10;1-17-12(16)10(14)4-7-6-15-11-3-2-8(13)5-9(7)11;/h5-11,14-15,18,24,29H,12-13,16H2,1-4H3,(H,30,33);4-8,11H,9H2,1-3H3,(H,15,18)(H,16,17);2-3,5-6,10,15H,4,14H2,1H3;1H/t18?,24-;11-;;/m11../s1. The summed E-state index contributed by atoms with van der Waals surface area (Å²) in [5.74, 6) is -3.81. The van der Waals surface area contributed by atoms with Gasteiger partial charge in [-0.3, -0.25) is 9.59 Å². The summed E-state index contributed by atoms with van der Waals surface area (Å²) >= 11 is 0. The molecule has 4 atom stereocenters. The fraction of sp³-hybridized carbons (Fsp3) is 0.358. The summed E-state index contributed by atoms with van der Waals surface area (Å²) in [5.41, 5.74) is 7.32. The maximum atomic E-state index is 13.8. The number of H-pyrrole nitrogens is 2. The number of Topliss-reactive ketones (excluding diaryl/α,β-unsaturated/α-hetero) is 1. The van der Waals surface area contributed by atoms with Crippen LogP contribution < -0.4 is 28.8 Å². The molecule has 72 heavy (non-hydrogen) atoms. The lowest BCUT2D eigenvalue weighted by Gasteiger charge is -2.30. The molecule has 2 unspecified atom stereocenters. The van der Waals surface area contributed by atoms with Gasteiger partial charge in [-0.2, -0.15) is 0 Å². The number of hydrogen-bond acceptors (Lipinski definition) is 10. The third-order valence-electron chi connectivity index (χ3n) is 11.2. The van der Waals surface area contributed by atoms with Gasteiger partial charge in [-0.05, 0) is 75.9 Å². The normalized spacial score (nSPS) is 12.7. The Hall–Kier alpha value is -7.31. The van der Waals surface area contributed by atoms with Crippen molar-refractivity contribution in [2.75, 3.05) is 14.2 Å². The van der Waals surface area contributed by atoms with Crippen LogP contribution in [0.3, 0.4) is 0 Å². The van der Waals surface area contributed by atoms with Crippen molar-refractivity contribution >= 4 is 57.7 Å². The maximum Gasteiger partial charge on any atom is 0.408 e. The molecule has 0 aliphatic rings. The Morgan fingerprint density at radius 1 is 0.625 bits per heavy atom. The quantitative estimate of drug-likeness (QED) is 0.0558. The molecule has 8 N–H and O–H groups in total. The second-order valence-electron chi connectivity index (χ2n) is 18.9. The number of carbonyl (C=O) groups excluding carboxylic acids is 5. The van der Waals surface area contributed by atoms with E-state index in [-0.39, 0.29) is 56.0 Å². The van der Waals surface area contributed by atoms with Gasteiger partial charge in [-0.25, -0.2) is 28.0 Å². The molecule has 16 nitrogen and oxygen atoms in total. The number of carbonyl (C=O) groups is 6. The highest BCUT2D eigenvalue weighted by atomic mass is 35.5. The number of quaternary nitrogens is 1. The minimum atomic E-state index is -1.08. The van der Waals surface area contributed by atoms with Gasteiger partial charge in [0.05, 0.1) is 26.2 Å². The summed E-state index contributed by atoms with van der Waals surface area (Å²) < 4.78 is 46.8. The van der Waals surface area contributed by atoms with Crippen molar-refractivity contribution in [2.24, 2.45) is 16.7 Å². The van der Waals surface area contributed by atoms with E-state index in [1.165, 1.54) is 38.5 Å². The molecule has 0 radical (unpaired) electrons. The van der Waals surface area contributed by atoms with Gasteiger partial charge in [0.15, 0.2) is 11.8 Å². The Balaban J connectivity index is 0.000000312. The zero-order valence-corrected chi connectivity index (χ0v) is 42.4. The SMILES string of the molecule is CC(C)(C)[C@H](NC(=O)OCc1ccccc1)C(=O)O.COC(=O)C(CC(=O)[C@@H](NC(=O)OCc1ccccc1)C(C)(C)C)Cc1c[nH]c2ccc(F)cc12.COC(=O)C([NH3+])Cc1c[nH]c2ccc(F)cc12.[Cl-]. The van der Waals surface area contributed by atoms with Crippen LogP contribution in [0.2, 0.25) is 0 Å². The lowest BCUT2D eigenvalue weighted by molar-refractivity contribution is -0.407. The first-order valence-corrected chi connectivity index (χ1v) is 22.7. The highest BCUT2D eigenvalue weighted by molar-refractivity contribution is 5.92. The molecule has 2 amide bonds. The van der Waals surface area contributed by atoms with Crippen LogP contribution in [0.25, 0.3) is 21.8 Å². The first-order chi connectivity index (χ1) is 33.5. The molecule has 0 spiro atoms. The van der Waals surface area contributed by atoms with Crippen molar-refractivity contribution in [3.05, 3.63) is 143 Å². The minimum Gasteiger partial charge on any atom is -1.00 e. The number of carboxylic acid groups (broad SMARTS) is 1. The first-order valence-electron chi connectivity index (χ1n) is 22.7. The lowest BCUT2D eigenvalue weighted by atomic mass is 9.81. The number of fused-ring (bicyclic) bond motifs is 2. The molecule has 0 aliphatic carbocycles. The molecular formula is C53H64ClF2N5O11. The first kappa shape index (κ1) is 59.0. The number of alkyl carbamates (subject to hydrolysis) is 2. The van der Waals surface area contributed by atoms with Gasteiger partial charge in [0.2, 0.25) is 0 Å². The van der Waals surface area contributed by atoms with Crippen molar-refractivity contribution in [1.82, 2.24) is 20.6 Å². The van der Waals surface area contributed by atoms with Crippen LogP contribution in [-0.4, -0.2) is 83.3 Å². The summed E-state index contributed by atoms with van der Waals surface area (Å²) in [5, 5.41) is 15.5. The molecule has 0 saturated heterocycles. The number of aliphatic carboxylic acids is 1. The molecule has 0 aliphatic heterocycles. The molecule has 2 heterocycles. The summed E-state index contributed by atoms with van der Waals surface area (Å²) in [6.07, 6.45) is 2.47. The van der Waals surface area contributed by atoms with Gasteiger partial charge in [0.25, 0.3) is 0 Å². The third kappa shape index (κ3) is 18.1. The third-order valence-corrected chi connectivity index (χ3v) is 11.2. The van der Waals surface area contributed by atoms with Crippen molar-refractivity contribution in [3.63, 3.8) is 0 Å². The van der Waals surface area contributed by atoms with Crippen LogP contribution >= 0.6 is 0 Å². The van der Waals surface area contributed by atoms with E-state index in [1.807, 2.05) is 81.4 Å². The van der Waals surface area contributed by atoms with E-state index in [2.05, 4.69) is 31.1 Å². The van der Waals surface area contributed by atoms with Crippen LogP contribution in [-0.2, 0) is 64.2 Å². The Morgan fingerprint density at radius 2 is 1.04 bits per heavy atom. The van der Waals surface area contributed by atoms with E-state index >= 15 is 0 Å². The number of rotatable bonds is 16. The smallest absolute Gasteiger partial charge is 0.408 e. The monoisotopic (exact) mass is 1020 g/mol. The molecule has 0 saturated carbocycles.